The van der Waals surface area contributed by atoms with Gasteiger partial charge in [-0.15, -0.1) is 0 Å². The summed E-state index contributed by atoms with van der Waals surface area (Å²) in [6, 6.07) is 138. The lowest BCUT2D eigenvalue weighted by molar-refractivity contribution is 1.07. The van der Waals surface area contributed by atoms with Crippen LogP contribution in [0.5, 0.6) is 0 Å². The number of fused-ring (bicyclic) bond motifs is 18. The van der Waals surface area contributed by atoms with E-state index in [0.29, 0.717) is 34.9 Å². The first-order chi connectivity index (χ1) is 59.5. The summed E-state index contributed by atoms with van der Waals surface area (Å²) in [4.78, 5) is 47.5. The summed E-state index contributed by atoms with van der Waals surface area (Å²) in [5, 5.41) is 22.7. The molecule has 5 aromatic heterocycles. The van der Waals surface area contributed by atoms with Crippen molar-refractivity contribution in [2.24, 2.45) is 0 Å². The molecule has 0 amide bonds. The topological polar surface area (TPSA) is 129 Å². The Morgan fingerprint density at radius 1 is 0.125 bits per heavy atom. The van der Waals surface area contributed by atoms with Gasteiger partial charge in [0.2, 0.25) is 0 Å². The van der Waals surface area contributed by atoms with Crippen molar-refractivity contribution in [3.63, 3.8) is 0 Å². The molecule has 0 atom stereocenters. The van der Waals surface area contributed by atoms with Gasteiger partial charge in [0.15, 0.2) is 40.8 Å². The molecule has 0 aliphatic carbocycles. The molecule has 0 spiro atoms. The third-order valence-electron chi connectivity index (χ3n) is 22.6. The van der Waals surface area contributed by atoms with E-state index in [1.807, 2.05) is 134 Å². The van der Waals surface area contributed by atoms with Crippen molar-refractivity contribution in [1.82, 2.24) is 49.8 Å². The minimum Gasteiger partial charge on any atom is -0.265 e. The molecule has 0 saturated carbocycles. The molecule has 0 aliphatic heterocycles. The SMILES string of the molecule is c1ccc(-c2nc(-c3ccccc3)nc(-c3ccccc3-c3ccc4c5ccccc5c5ccccc5c4c3)n2)cc1.c1ccc(-c2nc(-c3ccncc3)nc(-c3ccncc3)n2)c(-c2ccc3c4ccccc4c4ccccc4c3c2)c1.c1ccc(-c2nccc(-c3ccccc3-c3ccc4c5ccccc5c5ccccc5c4c3)n2)cc1. The number of benzene rings is 18. The molecule has 120 heavy (non-hydrogen) atoms. The molecular weight excluding hydrogens is 1460 g/mol. The maximum absolute atomic E-state index is 5.02. The van der Waals surface area contributed by atoms with Gasteiger partial charge in [0.05, 0.1) is 5.69 Å². The molecule has 10 heteroatoms. The summed E-state index contributed by atoms with van der Waals surface area (Å²) < 4.78 is 0. The third kappa shape index (κ3) is 13.6. The standard InChI is InChI=1S/C39H25N3.C37H23N5.C34H22N2/c1-3-13-26(14-4-1)37-40-38(27-15-5-2-6-16-27)42-39(41-37)35-22-12-7-17-29(35)28-23-24-34-32-20-9-8-18-30(32)31-19-10-11-21-33(31)36(34)25-28;1-6-12-33(37-41-35(24-15-19-38-20-16-24)40-36(42-37)25-17-21-39-22-18-25)27(7-1)26-13-14-32-30-10-3-2-8-28(30)29-9-4-5-11-31(29)34(32)23-26;1-2-10-23(11-3-1)34-35-21-20-33(36-34)31-17-9-4-12-25(31)24-18-19-30-28-15-6-5-13-26(28)27-14-7-8-16-29(27)32(30)22-24/h1-25H;1-23H;1-22H. The van der Waals surface area contributed by atoms with Crippen LogP contribution in [0.4, 0.5) is 0 Å². The Labute approximate surface area is 692 Å². The average molecular weight is 1530 g/mol. The highest BCUT2D eigenvalue weighted by Crippen LogP contribution is 2.44. The van der Waals surface area contributed by atoms with Gasteiger partial charge in [-0.05, 0) is 179 Å². The summed E-state index contributed by atoms with van der Waals surface area (Å²) in [5.41, 5.74) is 15.3. The Morgan fingerprint density at radius 3 is 0.658 bits per heavy atom. The van der Waals surface area contributed by atoms with Gasteiger partial charge < -0.3 is 0 Å². The van der Waals surface area contributed by atoms with E-state index in [4.69, 9.17) is 34.9 Å². The summed E-state index contributed by atoms with van der Waals surface area (Å²) in [6.07, 6.45) is 8.86. The van der Waals surface area contributed by atoms with Crippen LogP contribution in [0, 0.1) is 0 Å². The fraction of sp³-hybridized carbons (Fsp3) is 0. The smallest absolute Gasteiger partial charge is 0.164 e. The molecule has 0 N–H and O–H groups in total. The van der Waals surface area contributed by atoms with Crippen LogP contribution in [0.1, 0.15) is 0 Å². The van der Waals surface area contributed by atoms with Crippen molar-refractivity contribution in [3.05, 3.63) is 425 Å². The molecule has 10 nitrogen and oxygen atoms in total. The van der Waals surface area contributed by atoms with Crippen LogP contribution in [0.25, 0.3) is 221 Å². The lowest BCUT2D eigenvalue weighted by atomic mass is 9.90. The largest absolute Gasteiger partial charge is 0.265 e. The summed E-state index contributed by atoms with van der Waals surface area (Å²) in [5.74, 6) is 4.51. The van der Waals surface area contributed by atoms with E-state index < -0.39 is 0 Å². The van der Waals surface area contributed by atoms with Crippen LogP contribution in [-0.4, -0.2) is 49.8 Å². The Kier molecular flexibility index (Phi) is 18.7. The fourth-order valence-corrected chi connectivity index (χ4v) is 17.0. The highest BCUT2D eigenvalue weighted by molar-refractivity contribution is 6.28. The van der Waals surface area contributed by atoms with Crippen LogP contribution < -0.4 is 0 Å². The van der Waals surface area contributed by atoms with E-state index in [0.717, 1.165) is 83.8 Å². The maximum atomic E-state index is 5.02. The van der Waals surface area contributed by atoms with E-state index in [-0.39, 0.29) is 0 Å². The zero-order valence-electron chi connectivity index (χ0n) is 64.9. The van der Waals surface area contributed by atoms with Crippen molar-refractivity contribution in [3.8, 4) is 124 Å². The molecule has 18 aromatic carbocycles. The quantitative estimate of drug-likeness (QED) is 0.115. The van der Waals surface area contributed by atoms with Gasteiger partial charge in [0.1, 0.15) is 0 Å². The second kappa shape index (κ2) is 31.5. The number of hydrogen-bond donors (Lipinski definition) is 0. The number of aromatic nitrogens is 10. The maximum Gasteiger partial charge on any atom is 0.164 e. The van der Waals surface area contributed by atoms with Crippen LogP contribution in [0.15, 0.2) is 425 Å². The molecular formula is C110H70N10. The monoisotopic (exact) mass is 1530 g/mol. The van der Waals surface area contributed by atoms with E-state index in [9.17, 15) is 0 Å². The van der Waals surface area contributed by atoms with E-state index in [1.165, 1.54) is 103 Å². The second-order valence-electron chi connectivity index (χ2n) is 29.6. The van der Waals surface area contributed by atoms with Gasteiger partial charge >= 0.3 is 0 Å². The first-order valence-electron chi connectivity index (χ1n) is 40.1. The lowest BCUT2D eigenvalue weighted by Crippen LogP contribution is -2.01. The predicted octanol–water partition coefficient (Wildman–Crippen LogP) is 27.7. The van der Waals surface area contributed by atoms with Crippen LogP contribution in [0.2, 0.25) is 0 Å². The van der Waals surface area contributed by atoms with Crippen LogP contribution in [-0.2, 0) is 0 Å². The summed E-state index contributed by atoms with van der Waals surface area (Å²) in [7, 11) is 0. The molecule has 5 heterocycles. The summed E-state index contributed by atoms with van der Waals surface area (Å²) >= 11 is 0. The minimum absolute atomic E-state index is 0.597. The van der Waals surface area contributed by atoms with E-state index in [1.54, 1.807) is 24.8 Å². The highest BCUT2D eigenvalue weighted by atomic mass is 15.0. The lowest BCUT2D eigenvalue weighted by Gasteiger charge is -2.14. The zero-order chi connectivity index (χ0) is 79.7. The molecule has 0 aliphatic rings. The van der Waals surface area contributed by atoms with Crippen LogP contribution >= 0.6 is 0 Å². The van der Waals surface area contributed by atoms with E-state index in [2.05, 4.69) is 282 Å². The summed E-state index contributed by atoms with van der Waals surface area (Å²) in [6.45, 7) is 0. The van der Waals surface area contributed by atoms with Crippen molar-refractivity contribution in [2.75, 3.05) is 0 Å². The molecule has 0 radical (unpaired) electrons. The average Bonchev–Trinajstić information content (AvgIpc) is 0.747. The first kappa shape index (κ1) is 71.5. The molecule has 0 unspecified atom stereocenters. The van der Waals surface area contributed by atoms with Gasteiger partial charge in [0, 0.05) is 75.5 Å². The molecule has 560 valence electrons. The Balaban J connectivity index is 0.000000112. The van der Waals surface area contributed by atoms with Crippen LogP contribution in [0.3, 0.4) is 0 Å². The third-order valence-corrected chi connectivity index (χ3v) is 22.6. The Hall–Kier alpha value is -16.3. The first-order valence-corrected chi connectivity index (χ1v) is 40.1. The number of nitrogens with zero attached hydrogens (tertiary/aromatic N) is 10. The van der Waals surface area contributed by atoms with Gasteiger partial charge in [-0.25, -0.2) is 39.9 Å². The highest BCUT2D eigenvalue weighted by Gasteiger charge is 2.22. The molecule has 0 bridgehead atoms. The number of hydrogen-bond acceptors (Lipinski definition) is 10. The minimum atomic E-state index is 0.597. The Morgan fingerprint density at radius 2 is 0.350 bits per heavy atom. The molecule has 0 saturated heterocycles. The normalized spacial score (nSPS) is 11.3. The zero-order valence-corrected chi connectivity index (χ0v) is 64.9. The molecule has 23 aromatic rings. The van der Waals surface area contributed by atoms with Crippen molar-refractivity contribution >= 4 is 97.0 Å². The van der Waals surface area contributed by atoms with Gasteiger partial charge in [-0.1, -0.05) is 346 Å². The number of rotatable bonds is 11. The second-order valence-corrected chi connectivity index (χ2v) is 29.6. The molecule has 0 fully saturated rings. The van der Waals surface area contributed by atoms with Crippen molar-refractivity contribution < 1.29 is 0 Å². The fourth-order valence-electron chi connectivity index (χ4n) is 17.0. The van der Waals surface area contributed by atoms with Crippen molar-refractivity contribution in [2.45, 2.75) is 0 Å². The molecule has 23 rings (SSSR count). The van der Waals surface area contributed by atoms with Gasteiger partial charge in [-0.2, -0.15) is 0 Å². The van der Waals surface area contributed by atoms with Crippen molar-refractivity contribution in [1.29, 1.82) is 0 Å². The Bertz CT molecular complexity index is 7300. The number of pyridine rings is 2. The van der Waals surface area contributed by atoms with E-state index >= 15 is 0 Å². The van der Waals surface area contributed by atoms with Gasteiger partial charge in [-0.3, -0.25) is 9.97 Å². The predicted molar refractivity (Wildman–Crippen MR) is 495 cm³/mol. The van der Waals surface area contributed by atoms with Gasteiger partial charge in [0.25, 0.3) is 0 Å².